The minimum absolute atomic E-state index is 0.0547. The fraction of sp³-hybridized carbons (Fsp3) is 0.118. The van der Waals surface area contributed by atoms with Gasteiger partial charge in [-0.25, -0.2) is 4.39 Å². The van der Waals surface area contributed by atoms with Gasteiger partial charge in [-0.15, -0.1) is 0 Å². The van der Waals surface area contributed by atoms with E-state index in [1.807, 2.05) is 0 Å². The third-order valence-electron chi connectivity index (χ3n) is 3.08. The highest BCUT2D eigenvalue weighted by molar-refractivity contribution is 5.95. The molecule has 0 aliphatic heterocycles. The van der Waals surface area contributed by atoms with Gasteiger partial charge in [0.25, 0.3) is 5.91 Å². The molecule has 0 aliphatic carbocycles. The molecule has 0 saturated heterocycles. The fourth-order valence-electron chi connectivity index (χ4n) is 1.88. The Hall–Kier alpha value is -3.22. The number of nitrogens with two attached hydrogens (primary N) is 1. The topological polar surface area (TPSA) is 98.5 Å². The van der Waals surface area contributed by atoms with Gasteiger partial charge < -0.3 is 15.8 Å². The quantitative estimate of drug-likeness (QED) is 0.787. The Labute approximate surface area is 137 Å². The van der Waals surface area contributed by atoms with Crippen LogP contribution in [0.3, 0.4) is 0 Å². The number of carbonyl (C=O) groups is 3. The molecule has 2 aromatic carbocycles. The molecule has 6 nitrogen and oxygen atoms in total. The predicted octanol–water partition coefficient (Wildman–Crippen LogP) is 1.65. The summed E-state index contributed by atoms with van der Waals surface area (Å²) in [7, 11) is 0. The summed E-state index contributed by atoms with van der Waals surface area (Å²) in [5.74, 6) is -2.08. The number of amides is 2. The summed E-state index contributed by atoms with van der Waals surface area (Å²) in [6.45, 7) is -0.447. The number of hydrogen-bond donors (Lipinski definition) is 2. The Bertz CT molecular complexity index is 742. The van der Waals surface area contributed by atoms with Gasteiger partial charge in [-0.05, 0) is 42.0 Å². The molecule has 0 atom stereocenters. The van der Waals surface area contributed by atoms with Crippen LogP contribution in [0.1, 0.15) is 15.9 Å². The normalized spacial score (nSPS) is 10.0. The lowest BCUT2D eigenvalue weighted by atomic mass is 10.1. The largest absolute Gasteiger partial charge is 0.455 e. The summed E-state index contributed by atoms with van der Waals surface area (Å²) in [4.78, 5) is 34.3. The lowest BCUT2D eigenvalue weighted by molar-refractivity contribution is -0.146. The lowest BCUT2D eigenvalue weighted by Gasteiger charge is -2.07. The van der Waals surface area contributed by atoms with E-state index in [1.54, 1.807) is 0 Å². The first-order valence-corrected chi connectivity index (χ1v) is 7.04. The van der Waals surface area contributed by atoms with E-state index < -0.39 is 30.2 Å². The molecule has 0 bridgehead atoms. The van der Waals surface area contributed by atoms with E-state index in [-0.39, 0.29) is 6.42 Å². The van der Waals surface area contributed by atoms with Crippen molar-refractivity contribution in [1.29, 1.82) is 0 Å². The average molecular weight is 330 g/mol. The molecule has 7 heteroatoms. The number of esters is 1. The number of rotatable bonds is 6. The van der Waals surface area contributed by atoms with E-state index in [0.29, 0.717) is 16.8 Å². The van der Waals surface area contributed by atoms with Crippen LogP contribution in [0.4, 0.5) is 10.1 Å². The van der Waals surface area contributed by atoms with E-state index in [9.17, 15) is 18.8 Å². The van der Waals surface area contributed by atoms with Gasteiger partial charge >= 0.3 is 5.97 Å². The van der Waals surface area contributed by atoms with Gasteiger partial charge in [-0.2, -0.15) is 0 Å². The van der Waals surface area contributed by atoms with Crippen molar-refractivity contribution < 1.29 is 23.5 Å². The van der Waals surface area contributed by atoms with Crippen molar-refractivity contribution in [2.24, 2.45) is 5.73 Å². The van der Waals surface area contributed by atoms with Crippen molar-refractivity contribution in [1.82, 2.24) is 0 Å². The third-order valence-corrected chi connectivity index (χ3v) is 3.08. The summed E-state index contributed by atoms with van der Waals surface area (Å²) in [5.41, 5.74) is 6.46. The van der Waals surface area contributed by atoms with Crippen LogP contribution < -0.4 is 11.1 Å². The third kappa shape index (κ3) is 5.20. The lowest BCUT2D eigenvalue weighted by Crippen LogP contribution is -2.21. The number of halogens is 1. The van der Waals surface area contributed by atoms with E-state index in [0.717, 1.165) is 0 Å². The number of hydrogen-bond acceptors (Lipinski definition) is 4. The maximum absolute atomic E-state index is 12.8. The predicted molar refractivity (Wildman–Crippen MR) is 84.7 cm³/mol. The number of carbonyl (C=O) groups excluding carboxylic acids is 3. The number of nitrogens with one attached hydrogen (secondary N) is 1. The second-order valence-corrected chi connectivity index (χ2v) is 4.95. The summed E-state index contributed by atoms with van der Waals surface area (Å²) in [6, 6.07) is 11.4. The first-order valence-electron chi connectivity index (χ1n) is 7.04. The smallest absolute Gasteiger partial charge is 0.310 e. The first kappa shape index (κ1) is 17.1. The van der Waals surface area contributed by atoms with Crippen LogP contribution in [0, 0.1) is 5.82 Å². The van der Waals surface area contributed by atoms with Gasteiger partial charge in [0.05, 0.1) is 6.42 Å². The Balaban J connectivity index is 1.78. The Kier molecular flexibility index (Phi) is 5.62. The van der Waals surface area contributed by atoms with Gasteiger partial charge in [0.2, 0.25) is 5.91 Å². The molecule has 0 spiro atoms. The summed E-state index contributed by atoms with van der Waals surface area (Å²) in [5, 5.41) is 2.52. The molecule has 0 aromatic heterocycles. The van der Waals surface area contributed by atoms with Crippen molar-refractivity contribution in [3.8, 4) is 0 Å². The van der Waals surface area contributed by atoms with E-state index in [4.69, 9.17) is 10.5 Å². The van der Waals surface area contributed by atoms with Crippen LogP contribution in [0.5, 0.6) is 0 Å². The Morgan fingerprint density at radius 1 is 1.00 bits per heavy atom. The summed E-state index contributed by atoms with van der Waals surface area (Å²) < 4.78 is 17.6. The second-order valence-electron chi connectivity index (χ2n) is 4.95. The average Bonchev–Trinajstić information content (AvgIpc) is 2.55. The maximum Gasteiger partial charge on any atom is 0.310 e. The number of benzene rings is 2. The molecule has 2 aromatic rings. The maximum atomic E-state index is 12.8. The Morgan fingerprint density at radius 2 is 1.62 bits per heavy atom. The Morgan fingerprint density at radius 3 is 2.21 bits per heavy atom. The molecule has 0 aliphatic rings. The number of ether oxygens (including phenoxy) is 1. The van der Waals surface area contributed by atoms with Crippen molar-refractivity contribution in [3.05, 3.63) is 65.5 Å². The molecule has 2 rings (SSSR count). The minimum atomic E-state index is -0.596. The van der Waals surface area contributed by atoms with Gasteiger partial charge in [0, 0.05) is 11.3 Å². The standard InChI is InChI=1S/C17H15FN2O4/c18-13-5-1-11(2-6-13)9-16(22)24-10-15(21)20-14-7-3-12(4-8-14)17(19)23/h1-8H,9-10H2,(H2,19,23)(H,20,21). The van der Waals surface area contributed by atoms with Crippen molar-refractivity contribution >= 4 is 23.5 Å². The van der Waals surface area contributed by atoms with Crippen LogP contribution in [0.2, 0.25) is 0 Å². The van der Waals surface area contributed by atoms with Gasteiger partial charge in [-0.1, -0.05) is 12.1 Å². The van der Waals surface area contributed by atoms with Crippen molar-refractivity contribution in [3.63, 3.8) is 0 Å². The minimum Gasteiger partial charge on any atom is -0.455 e. The van der Waals surface area contributed by atoms with Crippen molar-refractivity contribution in [2.45, 2.75) is 6.42 Å². The molecular weight excluding hydrogens is 315 g/mol. The molecule has 0 unspecified atom stereocenters. The summed E-state index contributed by atoms with van der Waals surface area (Å²) >= 11 is 0. The molecule has 124 valence electrons. The second kappa shape index (κ2) is 7.87. The zero-order valence-corrected chi connectivity index (χ0v) is 12.6. The van der Waals surface area contributed by atoms with Gasteiger partial charge in [-0.3, -0.25) is 14.4 Å². The van der Waals surface area contributed by atoms with Crippen LogP contribution in [-0.2, 0) is 20.7 Å². The fourth-order valence-corrected chi connectivity index (χ4v) is 1.88. The van der Waals surface area contributed by atoms with Crippen LogP contribution in [0.15, 0.2) is 48.5 Å². The molecule has 24 heavy (non-hydrogen) atoms. The van der Waals surface area contributed by atoms with Crippen LogP contribution in [-0.4, -0.2) is 24.4 Å². The number of primary amides is 1. The van der Waals surface area contributed by atoms with Gasteiger partial charge in [0.1, 0.15) is 5.82 Å². The highest BCUT2D eigenvalue weighted by Crippen LogP contribution is 2.09. The molecule has 0 saturated carbocycles. The first-order chi connectivity index (χ1) is 11.4. The molecular formula is C17H15FN2O4. The van der Waals surface area contributed by atoms with E-state index in [1.165, 1.54) is 48.5 Å². The zero-order valence-electron chi connectivity index (χ0n) is 12.6. The zero-order chi connectivity index (χ0) is 17.5. The molecule has 3 N–H and O–H groups in total. The number of anilines is 1. The van der Waals surface area contributed by atoms with E-state index >= 15 is 0 Å². The SMILES string of the molecule is NC(=O)c1ccc(NC(=O)COC(=O)Cc2ccc(F)cc2)cc1. The highest BCUT2D eigenvalue weighted by Gasteiger charge is 2.09. The van der Waals surface area contributed by atoms with Crippen molar-refractivity contribution in [2.75, 3.05) is 11.9 Å². The van der Waals surface area contributed by atoms with Gasteiger partial charge in [0.15, 0.2) is 6.61 Å². The van der Waals surface area contributed by atoms with Crippen LogP contribution >= 0.6 is 0 Å². The highest BCUT2D eigenvalue weighted by atomic mass is 19.1. The molecule has 0 heterocycles. The van der Waals surface area contributed by atoms with Crippen LogP contribution in [0.25, 0.3) is 0 Å². The monoisotopic (exact) mass is 330 g/mol. The van der Waals surface area contributed by atoms with E-state index in [2.05, 4.69) is 5.32 Å². The molecule has 0 radical (unpaired) electrons. The summed E-state index contributed by atoms with van der Waals surface area (Å²) in [6.07, 6.45) is -0.0547. The molecule has 0 fully saturated rings. The molecule has 2 amide bonds.